The van der Waals surface area contributed by atoms with Crippen molar-refractivity contribution in [2.45, 2.75) is 45.2 Å². The smallest absolute Gasteiger partial charge is 0.235 e. The summed E-state index contributed by atoms with van der Waals surface area (Å²) in [4.78, 5) is 14.4. The molecule has 1 aromatic rings. The van der Waals surface area contributed by atoms with Gasteiger partial charge >= 0.3 is 0 Å². The van der Waals surface area contributed by atoms with Crippen LogP contribution in [0.4, 0.5) is 4.39 Å². The van der Waals surface area contributed by atoms with Gasteiger partial charge in [0.05, 0.1) is 12.6 Å². The Hall–Kier alpha value is -1.93. The van der Waals surface area contributed by atoms with Crippen LogP contribution in [0, 0.1) is 23.1 Å². The summed E-state index contributed by atoms with van der Waals surface area (Å²) in [6.45, 7) is 6.69. The Morgan fingerprint density at radius 2 is 2.09 bits per heavy atom. The molecule has 0 aromatic heterocycles. The highest BCUT2D eigenvalue weighted by molar-refractivity contribution is 5.79. The standard InChI is InChI=1S/C18H24FN3O/c1-4-22(13(2)14-5-9-16(19)10-6-14)11-17(23)21-18(3,12-20)15-7-8-15/h5-6,9-10,13,15H,4,7-8,11H2,1-3H3,(H,21,23). The van der Waals surface area contributed by atoms with Crippen molar-refractivity contribution < 1.29 is 9.18 Å². The fraction of sp³-hybridized carbons (Fsp3) is 0.556. The lowest BCUT2D eigenvalue weighted by Crippen LogP contribution is -2.50. The summed E-state index contributed by atoms with van der Waals surface area (Å²) in [7, 11) is 0. The molecule has 1 saturated carbocycles. The van der Waals surface area contributed by atoms with Gasteiger partial charge in [-0.2, -0.15) is 5.26 Å². The van der Waals surface area contributed by atoms with Crippen LogP contribution in [-0.2, 0) is 4.79 Å². The molecule has 1 aliphatic rings. The van der Waals surface area contributed by atoms with Gasteiger partial charge in [0.1, 0.15) is 11.4 Å². The van der Waals surface area contributed by atoms with Gasteiger partial charge in [-0.05, 0) is 56.8 Å². The van der Waals surface area contributed by atoms with Crippen molar-refractivity contribution >= 4 is 5.91 Å². The second-order valence-corrected chi connectivity index (χ2v) is 6.43. The number of hydrogen-bond acceptors (Lipinski definition) is 3. The molecule has 1 fully saturated rings. The van der Waals surface area contributed by atoms with E-state index in [-0.39, 0.29) is 30.2 Å². The zero-order valence-electron chi connectivity index (χ0n) is 14.0. The van der Waals surface area contributed by atoms with Crippen molar-refractivity contribution in [1.82, 2.24) is 10.2 Å². The van der Waals surface area contributed by atoms with E-state index in [1.54, 1.807) is 19.1 Å². The molecule has 1 N–H and O–H groups in total. The van der Waals surface area contributed by atoms with Gasteiger partial charge in [0.25, 0.3) is 0 Å². The van der Waals surface area contributed by atoms with Crippen molar-refractivity contribution in [3.63, 3.8) is 0 Å². The predicted octanol–water partition coefficient (Wildman–Crippen LogP) is 3.02. The SMILES string of the molecule is CCN(CC(=O)NC(C)(C#N)C1CC1)C(C)c1ccc(F)cc1. The van der Waals surface area contributed by atoms with Crippen molar-refractivity contribution in [3.05, 3.63) is 35.6 Å². The van der Waals surface area contributed by atoms with E-state index < -0.39 is 5.54 Å². The normalized spacial score (nSPS) is 18.1. The number of amides is 1. The van der Waals surface area contributed by atoms with Gasteiger partial charge in [0.2, 0.25) is 5.91 Å². The maximum Gasteiger partial charge on any atom is 0.235 e. The van der Waals surface area contributed by atoms with Gasteiger partial charge in [-0.1, -0.05) is 19.1 Å². The van der Waals surface area contributed by atoms with Crippen molar-refractivity contribution in [2.24, 2.45) is 5.92 Å². The Labute approximate surface area is 137 Å². The van der Waals surface area contributed by atoms with E-state index in [9.17, 15) is 14.4 Å². The molecule has 0 aliphatic heterocycles. The molecular weight excluding hydrogens is 293 g/mol. The summed E-state index contributed by atoms with van der Waals surface area (Å²) in [5, 5.41) is 12.2. The van der Waals surface area contributed by atoms with Crippen LogP contribution >= 0.6 is 0 Å². The Kier molecular flexibility index (Phi) is 5.38. The van der Waals surface area contributed by atoms with E-state index >= 15 is 0 Å². The van der Waals surface area contributed by atoms with Crippen LogP contribution in [0.3, 0.4) is 0 Å². The molecule has 0 radical (unpaired) electrons. The Bertz CT molecular complexity index is 591. The lowest BCUT2D eigenvalue weighted by Gasteiger charge is -2.30. The van der Waals surface area contributed by atoms with Gasteiger partial charge in [0, 0.05) is 6.04 Å². The van der Waals surface area contributed by atoms with Gasteiger partial charge in [-0.25, -0.2) is 4.39 Å². The molecule has 124 valence electrons. The average Bonchev–Trinajstić information content (AvgIpc) is 3.38. The zero-order chi connectivity index (χ0) is 17.0. The van der Waals surface area contributed by atoms with Crippen LogP contribution in [-0.4, -0.2) is 29.4 Å². The molecule has 23 heavy (non-hydrogen) atoms. The summed E-state index contributed by atoms with van der Waals surface area (Å²) in [5.41, 5.74) is 0.196. The van der Waals surface area contributed by atoms with Crippen molar-refractivity contribution in [3.8, 4) is 6.07 Å². The summed E-state index contributed by atoms with van der Waals surface area (Å²) in [5.74, 6) is -0.145. The molecule has 0 spiro atoms. The lowest BCUT2D eigenvalue weighted by atomic mass is 9.98. The Balaban J connectivity index is 1.99. The second kappa shape index (κ2) is 7.10. The highest BCUT2D eigenvalue weighted by atomic mass is 19.1. The third-order valence-corrected chi connectivity index (χ3v) is 4.68. The number of nitrogens with one attached hydrogen (secondary N) is 1. The van der Waals surface area contributed by atoms with Crippen molar-refractivity contribution in [2.75, 3.05) is 13.1 Å². The first-order valence-electron chi connectivity index (χ1n) is 8.11. The molecule has 2 atom stereocenters. The first-order chi connectivity index (χ1) is 10.9. The summed E-state index contributed by atoms with van der Waals surface area (Å²) in [6, 6.07) is 8.58. The topological polar surface area (TPSA) is 56.1 Å². The molecule has 0 bridgehead atoms. The minimum Gasteiger partial charge on any atom is -0.337 e. The number of halogens is 1. The van der Waals surface area contributed by atoms with E-state index in [0.717, 1.165) is 18.4 Å². The molecule has 4 nitrogen and oxygen atoms in total. The third-order valence-electron chi connectivity index (χ3n) is 4.68. The van der Waals surface area contributed by atoms with Gasteiger partial charge in [-0.3, -0.25) is 9.69 Å². The molecule has 0 saturated heterocycles. The zero-order valence-corrected chi connectivity index (χ0v) is 14.0. The van der Waals surface area contributed by atoms with Crippen LogP contribution in [0.25, 0.3) is 0 Å². The second-order valence-electron chi connectivity index (χ2n) is 6.43. The van der Waals surface area contributed by atoms with Crippen LogP contribution in [0.5, 0.6) is 0 Å². The predicted molar refractivity (Wildman–Crippen MR) is 86.9 cm³/mol. The number of rotatable bonds is 7. The van der Waals surface area contributed by atoms with Crippen LogP contribution in [0.1, 0.15) is 45.2 Å². The van der Waals surface area contributed by atoms with Crippen LogP contribution < -0.4 is 5.32 Å². The number of likely N-dealkylation sites (N-methyl/N-ethyl adjacent to an activating group) is 1. The number of nitrogens with zero attached hydrogens (tertiary/aromatic N) is 2. The number of hydrogen-bond donors (Lipinski definition) is 1. The Morgan fingerprint density at radius 1 is 1.48 bits per heavy atom. The van der Waals surface area contributed by atoms with E-state index in [1.165, 1.54) is 12.1 Å². The fourth-order valence-corrected chi connectivity index (χ4v) is 2.87. The molecule has 0 heterocycles. The largest absolute Gasteiger partial charge is 0.337 e. The monoisotopic (exact) mass is 317 g/mol. The third kappa shape index (κ3) is 4.29. The Morgan fingerprint density at radius 3 is 2.57 bits per heavy atom. The molecule has 1 aromatic carbocycles. The van der Waals surface area contributed by atoms with Crippen LogP contribution in [0.2, 0.25) is 0 Å². The van der Waals surface area contributed by atoms with Gasteiger partial charge in [0.15, 0.2) is 0 Å². The molecule has 5 heteroatoms. The van der Waals surface area contributed by atoms with E-state index in [4.69, 9.17) is 0 Å². The molecule has 2 unspecified atom stereocenters. The highest BCUT2D eigenvalue weighted by Gasteiger charge is 2.43. The maximum absolute atomic E-state index is 13.0. The fourth-order valence-electron chi connectivity index (χ4n) is 2.87. The number of carbonyl (C=O) groups is 1. The first-order valence-corrected chi connectivity index (χ1v) is 8.11. The van der Waals surface area contributed by atoms with Gasteiger partial charge in [-0.15, -0.1) is 0 Å². The van der Waals surface area contributed by atoms with E-state index in [2.05, 4.69) is 11.4 Å². The maximum atomic E-state index is 13.0. The van der Waals surface area contributed by atoms with Crippen molar-refractivity contribution in [1.29, 1.82) is 5.26 Å². The average molecular weight is 317 g/mol. The lowest BCUT2D eigenvalue weighted by molar-refractivity contribution is -0.124. The summed E-state index contributed by atoms with van der Waals surface area (Å²) in [6.07, 6.45) is 1.99. The minimum absolute atomic E-state index is 0.000571. The number of nitriles is 1. The quantitative estimate of drug-likeness (QED) is 0.841. The van der Waals surface area contributed by atoms with E-state index in [1.807, 2.05) is 18.7 Å². The van der Waals surface area contributed by atoms with E-state index in [0.29, 0.717) is 6.54 Å². The highest BCUT2D eigenvalue weighted by Crippen LogP contribution is 2.39. The molecular formula is C18H24FN3O. The minimum atomic E-state index is -0.768. The number of benzene rings is 1. The van der Waals surface area contributed by atoms with Crippen LogP contribution in [0.15, 0.2) is 24.3 Å². The van der Waals surface area contributed by atoms with Gasteiger partial charge < -0.3 is 5.32 Å². The molecule has 1 aliphatic carbocycles. The number of carbonyl (C=O) groups excluding carboxylic acids is 1. The summed E-state index contributed by atoms with van der Waals surface area (Å²) < 4.78 is 13.0. The first kappa shape index (κ1) is 17.4. The molecule has 2 rings (SSSR count). The molecule has 1 amide bonds. The summed E-state index contributed by atoms with van der Waals surface area (Å²) >= 11 is 0.